The van der Waals surface area contributed by atoms with Gasteiger partial charge in [0, 0.05) is 19.3 Å². The molecule has 21 heavy (non-hydrogen) atoms. The van der Waals surface area contributed by atoms with E-state index in [0.29, 0.717) is 6.04 Å². The van der Waals surface area contributed by atoms with E-state index in [9.17, 15) is 0 Å². The van der Waals surface area contributed by atoms with Crippen LogP contribution < -0.4 is 5.32 Å². The number of hydrogen-bond donors (Lipinski definition) is 1. The number of rotatable bonds is 7. The first-order chi connectivity index (χ1) is 10.4. The Morgan fingerprint density at radius 2 is 2.19 bits per heavy atom. The van der Waals surface area contributed by atoms with Crippen molar-refractivity contribution in [2.24, 2.45) is 5.92 Å². The van der Waals surface area contributed by atoms with Gasteiger partial charge in [0.1, 0.15) is 0 Å². The van der Waals surface area contributed by atoms with Crippen LogP contribution in [0, 0.1) is 5.92 Å². The van der Waals surface area contributed by atoms with Crippen LogP contribution in [0.4, 0.5) is 0 Å². The summed E-state index contributed by atoms with van der Waals surface area (Å²) in [5, 5.41) is 3.76. The maximum Gasteiger partial charge on any atom is 0.0495 e. The number of hydrogen-bond acceptors (Lipinski definition) is 2. The molecule has 2 heteroatoms. The summed E-state index contributed by atoms with van der Waals surface area (Å²) in [6.45, 7) is 5.25. The van der Waals surface area contributed by atoms with E-state index >= 15 is 0 Å². The molecule has 1 aromatic rings. The molecular formula is C19H29NO. The van der Waals surface area contributed by atoms with Gasteiger partial charge in [-0.05, 0) is 61.6 Å². The fourth-order valence-electron chi connectivity index (χ4n) is 3.53. The van der Waals surface area contributed by atoms with Gasteiger partial charge in [-0.3, -0.25) is 0 Å². The van der Waals surface area contributed by atoms with Gasteiger partial charge < -0.3 is 10.1 Å². The average molecular weight is 287 g/mol. The normalized spacial score (nSPS) is 24.0. The Labute approximate surface area is 129 Å². The highest BCUT2D eigenvalue weighted by Gasteiger charge is 2.23. The van der Waals surface area contributed by atoms with E-state index in [1.54, 1.807) is 5.56 Å². The second kappa shape index (κ2) is 7.42. The fourth-order valence-corrected chi connectivity index (χ4v) is 3.53. The van der Waals surface area contributed by atoms with Crippen LogP contribution in [-0.2, 0) is 4.74 Å². The van der Waals surface area contributed by atoms with Gasteiger partial charge in [-0.25, -0.2) is 0 Å². The van der Waals surface area contributed by atoms with Crippen molar-refractivity contribution in [3.05, 3.63) is 35.4 Å². The van der Waals surface area contributed by atoms with Crippen molar-refractivity contribution in [1.82, 2.24) is 5.32 Å². The van der Waals surface area contributed by atoms with Crippen molar-refractivity contribution >= 4 is 0 Å². The molecule has 2 nitrogen and oxygen atoms in total. The van der Waals surface area contributed by atoms with Crippen molar-refractivity contribution in [2.45, 2.75) is 57.4 Å². The summed E-state index contributed by atoms with van der Waals surface area (Å²) >= 11 is 0. The molecule has 0 amide bonds. The van der Waals surface area contributed by atoms with Gasteiger partial charge >= 0.3 is 0 Å². The van der Waals surface area contributed by atoms with Crippen LogP contribution in [-0.4, -0.2) is 19.8 Å². The predicted octanol–water partition coefficient (Wildman–Crippen LogP) is 4.42. The topological polar surface area (TPSA) is 21.3 Å². The standard InChI is InChI=1S/C19H29NO/c1-2-10-20-19(12-15-9-11-21-14-15)18-8-4-7-17(13-18)16-5-3-6-16/h4,7-8,13,15-16,19-20H,2-3,5-6,9-12,14H2,1H3. The molecular weight excluding hydrogens is 258 g/mol. The maximum absolute atomic E-state index is 5.56. The Hall–Kier alpha value is -0.860. The van der Waals surface area contributed by atoms with Gasteiger partial charge in [0.2, 0.25) is 0 Å². The van der Waals surface area contributed by atoms with E-state index in [0.717, 1.165) is 31.6 Å². The van der Waals surface area contributed by atoms with Crippen LogP contribution in [0.5, 0.6) is 0 Å². The summed E-state index contributed by atoms with van der Waals surface area (Å²) in [6, 6.07) is 9.85. The van der Waals surface area contributed by atoms with Gasteiger partial charge in [0.05, 0.1) is 0 Å². The minimum Gasteiger partial charge on any atom is -0.381 e. The molecule has 1 aromatic carbocycles. The van der Waals surface area contributed by atoms with Gasteiger partial charge in [-0.2, -0.15) is 0 Å². The highest BCUT2D eigenvalue weighted by molar-refractivity contribution is 5.29. The third-order valence-corrected chi connectivity index (χ3v) is 5.12. The molecule has 0 spiro atoms. The predicted molar refractivity (Wildman–Crippen MR) is 87.6 cm³/mol. The molecule has 3 rings (SSSR count). The summed E-state index contributed by atoms with van der Waals surface area (Å²) < 4.78 is 5.56. The van der Waals surface area contributed by atoms with Crippen LogP contribution in [0.3, 0.4) is 0 Å². The first-order valence-electron chi connectivity index (χ1n) is 8.77. The summed E-state index contributed by atoms with van der Waals surface area (Å²) in [4.78, 5) is 0. The Morgan fingerprint density at radius 1 is 1.29 bits per heavy atom. The van der Waals surface area contributed by atoms with Crippen molar-refractivity contribution in [3.8, 4) is 0 Å². The van der Waals surface area contributed by atoms with Crippen molar-refractivity contribution in [1.29, 1.82) is 0 Å². The Morgan fingerprint density at radius 3 is 2.86 bits per heavy atom. The molecule has 1 heterocycles. The minimum atomic E-state index is 0.497. The molecule has 0 aromatic heterocycles. The molecule has 0 bridgehead atoms. The molecule has 2 atom stereocenters. The third kappa shape index (κ3) is 3.87. The molecule has 2 fully saturated rings. The van der Waals surface area contributed by atoms with E-state index in [-0.39, 0.29) is 0 Å². The Balaban J connectivity index is 1.70. The van der Waals surface area contributed by atoms with E-state index in [4.69, 9.17) is 4.74 Å². The molecule has 1 aliphatic heterocycles. The largest absolute Gasteiger partial charge is 0.381 e. The Kier molecular flexibility index (Phi) is 5.32. The van der Waals surface area contributed by atoms with Gasteiger partial charge in [0.15, 0.2) is 0 Å². The van der Waals surface area contributed by atoms with Crippen LogP contribution >= 0.6 is 0 Å². The highest BCUT2D eigenvalue weighted by Crippen LogP contribution is 2.37. The van der Waals surface area contributed by atoms with E-state index < -0.39 is 0 Å². The summed E-state index contributed by atoms with van der Waals surface area (Å²) in [5.41, 5.74) is 3.05. The Bertz CT molecular complexity index is 435. The molecule has 1 aliphatic carbocycles. The monoisotopic (exact) mass is 287 g/mol. The lowest BCUT2D eigenvalue weighted by Crippen LogP contribution is -2.25. The zero-order valence-corrected chi connectivity index (χ0v) is 13.3. The summed E-state index contributed by atoms with van der Waals surface area (Å²) in [6.07, 6.45) is 7.81. The fraction of sp³-hybridized carbons (Fsp3) is 0.684. The third-order valence-electron chi connectivity index (χ3n) is 5.12. The molecule has 1 N–H and O–H groups in total. The molecule has 2 aliphatic rings. The van der Waals surface area contributed by atoms with Crippen LogP contribution in [0.15, 0.2) is 24.3 Å². The van der Waals surface area contributed by atoms with Crippen LogP contribution in [0.25, 0.3) is 0 Å². The van der Waals surface area contributed by atoms with Crippen LogP contribution in [0.2, 0.25) is 0 Å². The number of benzene rings is 1. The first kappa shape index (κ1) is 15.1. The summed E-state index contributed by atoms with van der Waals surface area (Å²) in [7, 11) is 0. The zero-order valence-electron chi connectivity index (χ0n) is 13.3. The number of nitrogens with one attached hydrogen (secondary N) is 1. The summed E-state index contributed by atoms with van der Waals surface area (Å²) in [5.74, 6) is 1.55. The lowest BCUT2D eigenvalue weighted by molar-refractivity contribution is 0.181. The zero-order chi connectivity index (χ0) is 14.5. The molecule has 1 saturated carbocycles. The highest BCUT2D eigenvalue weighted by atomic mass is 16.5. The SMILES string of the molecule is CCCNC(CC1CCOC1)c1cccc(C2CCC2)c1. The second-order valence-electron chi connectivity index (χ2n) is 6.77. The molecule has 2 unspecified atom stereocenters. The maximum atomic E-state index is 5.56. The van der Waals surface area contributed by atoms with Crippen molar-refractivity contribution < 1.29 is 4.74 Å². The van der Waals surface area contributed by atoms with E-state index in [2.05, 4.69) is 36.5 Å². The quantitative estimate of drug-likeness (QED) is 0.801. The molecule has 116 valence electrons. The van der Waals surface area contributed by atoms with E-state index in [1.807, 2.05) is 0 Å². The molecule has 0 radical (unpaired) electrons. The van der Waals surface area contributed by atoms with Crippen LogP contribution in [0.1, 0.15) is 68.5 Å². The second-order valence-corrected chi connectivity index (χ2v) is 6.77. The molecule has 1 saturated heterocycles. The minimum absolute atomic E-state index is 0.497. The number of ether oxygens (including phenoxy) is 1. The van der Waals surface area contributed by atoms with Gasteiger partial charge in [-0.15, -0.1) is 0 Å². The lowest BCUT2D eigenvalue weighted by Gasteiger charge is -2.28. The van der Waals surface area contributed by atoms with Crippen molar-refractivity contribution in [3.63, 3.8) is 0 Å². The van der Waals surface area contributed by atoms with E-state index in [1.165, 1.54) is 44.1 Å². The van der Waals surface area contributed by atoms with Gasteiger partial charge in [0.25, 0.3) is 0 Å². The van der Waals surface area contributed by atoms with Crippen molar-refractivity contribution in [2.75, 3.05) is 19.8 Å². The lowest BCUT2D eigenvalue weighted by atomic mass is 9.79. The van der Waals surface area contributed by atoms with Gasteiger partial charge in [-0.1, -0.05) is 37.6 Å². The smallest absolute Gasteiger partial charge is 0.0495 e. The first-order valence-corrected chi connectivity index (χ1v) is 8.77. The average Bonchev–Trinajstić information content (AvgIpc) is 2.95.